The Hall–Kier alpha value is -1.04. The molecular weight excluding hydrogens is 296 g/mol. The van der Waals surface area contributed by atoms with E-state index in [4.69, 9.17) is 0 Å². The topological polar surface area (TPSA) is 43.8 Å². The summed E-state index contributed by atoms with van der Waals surface area (Å²) in [6.45, 7) is 6.18. The van der Waals surface area contributed by atoms with Gasteiger partial charge in [-0.05, 0) is 43.2 Å². The van der Waals surface area contributed by atoms with Gasteiger partial charge < -0.3 is 5.11 Å². The molecule has 0 aromatic heterocycles. The zero-order valence-corrected chi connectivity index (χ0v) is 14.3. The summed E-state index contributed by atoms with van der Waals surface area (Å²) in [5, 5.41) is 13.4. The van der Waals surface area contributed by atoms with Crippen molar-refractivity contribution in [3.8, 4) is 0 Å². The van der Waals surface area contributed by atoms with E-state index in [1.165, 1.54) is 4.90 Å². The number of carbonyl (C=O) groups excluding carboxylic acids is 1. The van der Waals surface area contributed by atoms with E-state index in [0.29, 0.717) is 19.4 Å². The number of rotatable bonds is 7. The van der Waals surface area contributed by atoms with Gasteiger partial charge in [-0.1, -0.05) is 19.1 Å². The van der Waals surface area contributed by atoms with Crippen LogP contribution >= 0.6 is 11.8 Å². The number of aliphatic hydroxyl groups is 1. The number of nitrogens with zero attached hydrogens (tertiary/aromatic N) is 2. The van der Waals surface area contributed by atoms with Crippen molar-refractivity contribution in [2.45, 2.75) is 50.7 Å². The number of hydrogen-bond donors (Lipinski definition) is 1. The van der Waals surface area contributed by atoms with Crippen LogP contribution in [0, 0.1) is 0 Å². The number of carbonyl (C=O) groups is 1. The standard InChI is InChI=1S/C17H26N2O2S/c1-3-22-16-8-6-15(7-9-16)13-19-17(21)5-4-11-18(19)12-10-14(2)20/h6-9,14,20H,3-5,10-13H2,1-2H3. The Bertz CT molecular complexity index is 476. The Kier molecular flexibility index (Phi) is 6.73. The first-order valence-electron chi connectivity index (χ1n) is 8.05. The Labute approximate surface area is 137 Å². The maximum Gasteiger partial charge on any atom is 0.237 e. The fourth-order valence-electron chi connectivity index (χ4n) is 2.61. The number of benzene rings is 1. The van der Waals surface area contributed by atoms with Crippen molar-refractivity contribution in [1.82, 2.24) is 10.0 Å². The third kappa shape index (κ3) is 5.00. The van der Waals surface area contributed by atoms with E-state index >= 15 is 0 Å². The number of amides is 1. The highest BCUT2D eigenvalue weighted by Gasteiger charge is 2.25. The molecule has 0 bridgehead atoms. The van der Waals surface area contributed by atoms with Gasteiger partial charge in [-0.25, -0.2) is 5.01 Å². The van der Waals surface area contributed by atoms with Crippen molar-refractivity contribution in [3.63, 3.8) is 0 Å². The van der Waals surface area contributed by atoms with Crippen LogP contribution in [0.4, 0.5) is 0 Å². The second-order valence-electron chi connectivity index (χ2n) is 5.72. The zero-order chi connectivity index (χ0) is 15.9. The first-order valence-corrected chi connectivity index (χ1v) is 9.03. The average Bonchev–Trinajstić information content (AvgIpc) is 2.50. The quantitative estimate of drug-likeness (QED) is 0.784. The van der Waals surface area contributed by atoms with Gasteiger partial charge in [0.05, 0.1) is 12.6 Å². The summed E-state index contributed by atoms with van der Waals surface area (Å²) in [5.74, 6) is 1.25. The molecule has 1 amide bonds. The van der Waals surface area contributed by atoms with Gasteiger partial charge >= 0.3 is 0 Å². The van der Waals surface area contributed by atoms with Crippen molar-refractivity contribution < 1.29 is 9.90 Å². The molecule has 122 valence electrons. The summed E-state index contributed by atoms with van der Waals surface area (Å²) in [6.07, 6.45) is 1.88. The normalized spacial score (nSPS) is 17.8. The molecule has 5 heteroatoms. The van der Waals surface area contributed by atoms with Crippen LogP contribution in [0.1, 0.15) is 38.7 Å². The number of aliphatic hydroxyl groups excluding tert-OH is 1. The molecule has 1 aromatic carbocycles. The Morgan fingerprint density at radius 2 is 2.05 bits per heavy atom. The zero-order valence-electron chi connectivity index (χ0n) is 13.5. The molecule has 1 unspecified atom stereocenters. The molecule has 22 heavy (non-hydrogen) atoms. The monoisotopic (exact) mass is 322 g/mol. The SMILES string of the molecule is CCSc1ccc(CN2C(=O)CCCN2CCC(C)O)cc1. The van der Waals surface area contributed by atoms with Crippen molar-refractivity contribution in [2.75, 3.05) is 18.8 Å². The van der Waals surface area contributed by atoms with Crippen molar-refractivity contribution in [1.29, 1.82) is 0 Å². The lowest BCUT2D eigenvalue weighted by Crippen LogP contribution is -2.50. The van der Waals surface area contributed by atoms with Gasteiger partial charge in [-0.15, -0.1) is 11.8 Å². The van der Waals surface area contributed by atoms with Crippen LogP contribution in [0.5, 0.6) is 0 Å². The van der Waals surface area contributed by atoms with E-state index in [0.717, 1.165) is 30.8 Å². The van der Waals surface area contributed by atoms with Crippen LogP contribution in [-0.4, -0.2) is 46.0 Å². The highest BCUT2D eigenvalue weighted by Crippen LogP contribution is 2.21. The second kappa shape index (κ2) is 8.56. The highest BCUT2D eigenvalue weighted by atomic mass is 32.2. The van der Waals surface area contributed by atoms with Crippen molar-refractivity contribution >= 4 is 17.7 Å². The van der Waals surface area contributed by atoms with Gasteiger partial charge in [0.2, 0.25) is 5.91 Å². The summed E-state index contributed by atoms with van der Waals surface area (Å²) >= 11 is 1.82. The highest BCUT2D eigenvalue weighted by molar-refractivity contribution is 7.99. The van der Waals surface area contributed by atoms with Gasteiger partial charge in [-0.3, -0.25) is 9.80 Å². The molecular formula is C17H26N2O2S. The molecule has 1 aliphatic rings. The molecule has 0 aliphatic carbocycles. The summed E-state index contributed by atoms with van der Waals surface area (Å²) in [6, 6.07) is 8.45. The fraction of sp³-hybridized carbons (Fsp3) is 0.588. The molecule has 0 saturated carbocycles. The van der Waals surface area contributed by atoms with Gasteiger partial charge in [0, 0.05) is 24.4 Å². The molecule has 1 aromatic rings. The van der Waals surface area contributed by atoms with Crippen LogP contribution in [0.3, 0.4) is 0 Å². The maximum absolute atomic E-state index is 12.2. The average molecular weight is 322 g/mol. The van der Waals surface area contributed by atoms with E-state index in [-0.39, 0.29) is 12.0 Å². The van der Waals surface area contributed by atoms with E-state index < -0.39 is 0 Å². The molecule has 1 heterocycles. The van der Waals surface area contributed by atoms with Crippen molar-refractivity contribution in [3.05, 3.63) is 29.8 Å². The number of thioether (sulfide) groups is 1. The molecule has 2 rings (SSSR count). The van der Waals surface area contributed by atoms with Crippen molar-refractivity contribution in [2.24, 2.45) is 0 Å². The van der Waals surface area contributed by atoms with E-state index in [2.05, 4.69) is 36.2 Å². The predicted molar refractivity (Wildman–Crippen MR) is 90.5 cm³/mol. The van der Waals surface area contributed by atoms with E-state index in [9.17, 15) is 9.90 Å². The third-order valence-electron chi connectivity index (χ3n) is 3.81. The number of hydrogen-bond acceptors (Lipinski definition) is 4. The van der Waals surface area contributed by atoms with Crippen LogP contribution in [0.15, 0.2) is 29.2 Å². The molecule has 1 N–H and O–H groups in total. The largest absolute Gasteiger partial charge is 0.393 e. The smallest absolute Gasteiger partial charge is 0.237 e. The molecule has 1 fully saturated rings. The van der Waals surface area contributed by atoms with E-state index in [1.807, 2.05) is 16.8 Å². The van der Waals surface area contributed by atoms with Gasteiger partial charge in [0.15, 0.2) is 0 Å². The minimum absolute atomic E-state index is 0.184. The molecule has 1 saturated heterocycles. The summed E-state index contributed by atoms with van der Waals surface area (Å²) in [5.41, 5.74) is 1.15. The Balaban J connectivity index is 2.00. The molecule has 1 atom stereocenters. The number of hydrazine groups is 1. The summed E-state index contributed by atoms with van der Waals surface area (Å²) in [4.78, 5) is 13.5. The Morgan fingerprint density at radius 1 is 1.32 bits per heavy atom. The second-order valence-corrected chi connectivity index (χ2v) is 7.06. The molecule has 0 radical (unpaired) electrons. The molecule has 0 spiro atoms. The van der Waals surface area contributed by atoms with Crippen LogP contribution in [-0.2, 0) is 11.3 Å². The first-order chi connectivity index (χ1) is 10.6. The maximum atomic E-state index is 12.2. The lowest BCUT2D eigenvalue weighted by Gasteiger charge is -2.39. The van der Waals surface area contributed by atoms with Crippen LogP contribution in [0.2, 0.25) is 0 Å². The lowest BCUT2D eigenvalue weighted by atomic mass is 10.1. The Morgan fingerprint density at radius 3 is 2.68 bits per heavy atom. The predicted octanol–water partition coefficient (Wildman–Crippen LogP) is 2.91. The third-order valence-corrected chi connectivity index (χ3v) is 4.70. The van der Waals surface area contributed by atoms with Crippen LogP contribution in [0.25, 0.3) is 0 Å². The van der Waals surface area contributed by atoms with E-state index in [1.54, 1.807) is 6.92 Å². The van der Waals surface area contributed by atoms with Gasteiger partial charge in [0.1, 0.15) is 0 Å². The van der Waals surface area contributed by atoms with Gasteiger partial charge in [-0.2, -0.15) is 0 Å². The minimum Gasteiger partial charge on any atom is -0.393 e. The first kappa shape index (κ1) is 17.3. The summed E-state index contributed by atoms with van der Waals surface area (Å²) < 4.78 is 0. The minimum atomic E-state index is -0.329. The van der Waals surface area contributed by atoms with Crippen LogP contribution < -0.4 is 0 Å². The summed E-state index contributed by atoms with van der Waals surface area (Å²) in [7, 11) is 0. The fourth-order valence-corrected chi connectivity index (χ4v) is 3.27. The molecule has 4 nitrogen and oxygen atoms in total. The van der Waals surface area contributed by atoms with Gasteiger partial charge in [0.25, 0.3) is 0 Å². The molecule has 1 aliphatic heterocycles. The lowest BCUT2D eigenvalue weighted by molar-refractivity contribution is -0.158.